The van der Waals surface area contributed by atoms with Crippen molar-refractivity contribution < 1.29 is 17.3 Å². The molecule has 1 aliphatic carbocycles. The summed E-state index contributed by atoms with van der Waals surface area (Å²) in [6, 6.07) is 3.95. The smallest absolute Gasteiger partial charge is 0.332 e. The van der Waals surface area contributed by atoms with E-state index < -0.39 is 33.5 Å². The number of nitrogens with one attached hydrogen (secondary N) is 1. The Morgan fingerprint density at radius 1 is 1.17 bits per heavy atom. The topological polar surface area (TPSA) is 134 Å². The van der Waals surface area contributed by atoms with Gasteiger partial charge in [0.05, 0.1) is 46.8 Å². The van der Waals surface area contributed by atoms with E-state index in [4.69, 9.17) is 4.52 Å². The number of hydrogen-bond acceptors (Lipinski definition) is 7. The number of rotatable bonds is 8. The minimum Gasteiger partial charge on any atom is -0.361 e. The average molecular weight is 503 g/mol. The molecule has 11 nitrogen and oxygen atoms in total. The first kappa shape index (κ1) is 23.2. The highest BCUT2D eigenvalue weighted by atomic mass is 32.2. The number of benzene rings is 1. The van der Waals surface area contributed by atoms with Crippen LogP contribution < -0.4 is 16.0 Å². The van der Waals surface area contributed by atoms with Gasteiger partial charge in [0.2, 0.25) is 10.0 Å². The number of sulfonamides is 1. The van der Waals surface area contributed by atoms with Gasteiger partial charge in [-0.3, -0.25) is 18.6 Å². The summed E-state index contributed by atoms with van der Waals surface area (Å²) in [7, 11) is -2.37. The molecule has 3 aromatic heterocycles. The summed E-state index contributed by atoms with van der Waals surface area (Å²) in [4.78, 5) is 26.7. The van der Waals surface area contributed by atoms with Crippen LogP contribution in [0.5, 0.6) is 0 Å². The van der Waals surface area contributed by atoms with Crippen molar-refractivity contribution in [1.29, 1.82) is 0 Å². The van der Waals surface area contributed by atoms with Crippen molar-refractivity contribution >= 4 is 20.9 Å². The zero-order chi connectivity index (χ0) is 25.0. The molecule has 13 heteroatoms. The zero-order valence-electron chi connectivity index (χ0n) is 19.1. The monoisotopic (exact) mass is 502 g/mol. The van der Waals surface area contributed by atoms with Crippen molar-refractivity contribution in [3.8, 4) is 0 Å². The Morgan fingerprint density at radius 3 is 2.54 bits per heavy atom. The van der Waals surface area contributed by atoms with Gasteiger partial charge in [0.1, 0.15) is 12.4 Å². The molecule has 1 N–H and O–H groups in total. The third-order valence-corrected chi connectivity index (χ3v) is 7.82. The summed E-state index contributed by atoms with van der Waals surface area (Å²) in [5.41, 5.74) is -0.780. The van der Waals surface area contributed by atoms with Gasteiger partial charge in [0.15, 0.2) is 0 Å². The molecule has 0 radical (unpaired) electrons. The van der Waals surface area contributed by atoms with Gasteiger partial charge in [0, 0.05) is 24.4 Å². The fourth-order valence-electron chi connectivity index (χ4n) is 4.00. The summed E-state index contributed by atoms with van der Waals surface area (Å²) in [5.74, 6) is 0.513. The summed E-state index contributed by atoms with van der Waals surface area (Å²) in [6.45, 7) is 0.906. The van der Waals surface area contributed by atoms with E-state index in [1.54, 1.807) is 31.0 Å². The molecule has 1 fully saturated rings. The molecule has 35 heavy (non-hydrogen) atoms. The molecule has 5 rings (SSSR count). The fraction of sp³-hybridized carbons (Fsp3) is 0.364. The molecule has 1 aliphatic rings. The van der Waals surface area contributed by atoms with Gasteiger partial charge in [-0.05, 0) is 38.0 Å². The maximum absolute atomic E-state index is 13.4. The number of aryl methyl sites for hydroxylation is 2. The molecular weight excluding hydrogens is 479 g/mol. The summed E-state index contributed by atoms with van der Waals surface area (Å²) in [5, 5.41) is 7.86. The van der Waals surface area contributed by atoms with Crippen LogP contribution >= 0.6 is 0 Å². The number of fused-ring (bicyclic) bond motifs is 1. The minimum atomic E-state index is -4.09. The van der Waals surface area contributed by atoms with Crippen LogP contribution in [0.1, 0.15) is 29.7 Å². The predicted octanol–water partition coefficient (Wildman–Crippen LogP) is 1.07. The molecule has 1 aromatic carbocycles. The van der Waals surface area contributed by atoms with E-state index in [1.807, 2.05) is 0 Å². The lowest BCUT2D eigenvalue weighted by Gasteiger charge is -2.16. The first-order valence-corrected chi connectivity index (χ1v) is 12.4. The van der Waals surface area contributed by atoms with Crippen molar-refractivity contribution in [2.75, 3.05) is 6.67 Å². The molecular formula is C22H23FN6O5S. The van der Waals surface area contributed by atoms with E-state index >= 15 is 0 Å². The highest BCUT2D eigenvalue weighted by Gasteiger charge is 2.46. The van der Waals surface area contributed by atoms with Gasteiger partial charge in [-0.15, -0.1) is 0 Å². The molecule has 0 spiro atoms. The second kappa shape index (κ2) is 8.27. The van der Waals surface area contributed by atoms with E-state index in [2.05, 4.69) is 15.0 Å². The van der Waals surface area contributed by atoms with Crippen LogP contribution in [-0.2, 0) is 30.2 Å². The molecule has 4 aromatic rings. The Balaban J connectivity index is 1.69. The molecule has 0 atom stereocenters. The number of aromatic nitrogens is 5. The van der Waals surface area contributed by atoms with Crippen molar-refractivity contribution in [2.45, 2.75) is 43.3 Å². The highest BCUT2D eigenvalue weighted by molar-refractivity contribution is 7.89. The summed E-state index contributed by atoms with van der Waals surface area (Å²) >= 11 is 0. The Hall–Kier alpha value is -3.58. The van der Waals surface area contributed by atoms with Crippen molar-refractivity contribution in [1.82, 2.24) is 28.8 Å². The van der Waals surface area contributed by atoms with Gasteiger partial charge in [-0.25, -0.2) is 22.3 Å². The van der Waals surface area contributed by atoms with Gasteiger partial charge in [-0.1, -0.05) is 5.16 Å². The normalized spacial score (nSPS) is 15.1. The fourth-order valence-corrected chi connectivity index (χ4v) is 5.46. The van der Waals surface area contributed by atoms with Crippen LogP contribution in [0.4, 0.5) is 4.39 Å². The van der Waals surface area contributed by atoms with E-state index in [1.165, 1.54) is 29.0 Å². The van der Waals surface area contributed by atoms with Gasteiger partial charge < -0.3 is 4.52 Å². The standard InChI is InChI=1S/C22H23FN6O5S/c1-14-16(9-25-34-14)12-28-19-4-3-17(35(32,33)26-22(13-23)5-6-22)7-18(19)20(30)29(21(28)31)11-15-8-24-27(2)10-15/h3-4,7-10,26H,5-6,11-13H2,1-2H3. The van der Waals surface area contributed by atoms with E-state index in [9.17, 15) is 22.4 Å². The number of alkyl halides is 1. The Kier molecular flexibility index (Phi) is 5.48. The number of halogens is 1. The quantitative estimate of drug-likeness (QED) is 0.381. The Bertz CT molecular complexity index is 1660. The molecule has 3 heterocycles. The second-order valence-corrected chi connectivity index (χ2v) is 10.6. The van der Waals surface area contributed by atoms with Crippen molar-refractivity contribution in [3.05, 3.63) is 74.5 Å². The van der Waals surface area contributed by atoms with Crippen LogP contribution in [0, 0.1) is 6.92 Å². The molecule has 0 aliphatic heterocycles. The first-order valence-electron chi connectivity index (χ1n) is 10.9. The minimum absolute atomic E-state index is 0.0376. The molecule has 184 valence electrons. The first-order chi connectivity index (χ1) is 16.6. The molecule has 0 saturated heterocycles. The molecule has 0 unspecified atom stereocenters. The lowest BCUT2D eigenvalue weighted by Crippen LogP contribution is -2.41. The lowest BCUT2D eigenvalue weighted by atomic mass is 10.2. The number of nitrogens with zero attached hydrogens (tertiary/aromatic N) is 5. The number of hydrogen-bond donors (Lipinski definition) is 1. The second-order valence-electron chi connectivity index (χ2n) is 8.89. The van der Waals surface area contributed by atoms with Crippen LogP contribution in [0.2, 0.25) is 0 Å². The predicted molar refractivity (Wildman–Crippen MR) is 123 cm³/mol. The SMILES string of the molecule is Cc1oncc1Cn1c(=O)n(Cc2cnn(C)c2)c(=O)c2cc(S(=O)(=O)NC3(CF)CC3)ccc21. The van der Waals surface area contributed by atoms with E-state index in [0.29, 0.717) is 29.7 Å². The van der Waals surface area contributed by atoms with E-state index in [0.717, 1.165) is 4.57 Å². The van der Waals surface area contributed by atoms with Crippen LogP contribution in [0.15, 0.2) is 55.8 Å². The Labute approximate surface area is 198 Å². The molecule has 1 saturated carbocycles. The van der Waals surface area contributed by atoms with E-state index in [-0.39, 0.29) is 28.9 Å². The third-order valence-electron chi connectivity index (χ3n) is 6.24. The van der Waals surface area contributed by atoms with Gasteiger partial charge in [-0.2, -0.15) is 5.10 Å². The summed E-state index contributed by atoms with van der Waals surface area (Å²) in [6.07, 6.45) is 5.53. The van der Waals surface area contributed by atoms with Crippen LogP contribution in [-0.4, -0.2) is 44.7 Å². The largest absolute Gasteiger partial charge is 0.361 e. The lowest BCUT2D eigenvalue weighted by molar-refractivity contribution is 0.393. The molecule has 0 amide bonds. The maximum Gasteiger partial charge on any atom is 0.332 e. The summed E-state index contributed by atoms with van der Waals surface area (Å²) < 4.78 is 50.7. The third kappa shape index (κ3) is 4.21. The zero-order valence-corrected chi connectivity index (χ0v) is 19.9. The van der Waals surface area contributed by atoms with Gasteiger partial charge in [0.25, 0.3) is 5.56 Å². The van der Waals surface area contributed by atoms with Crippen LogP contribution in [0.3, 0.4) is 0 Å². The van der Waals surface area contributed by atoms with Gasteiger partial charge >= 0.3 is 5.69 Å². The van der Waals surface area contributed by atoms with Crippen molar-refractivity contribution in [3.63, 3.8) is 0 Å². The van der Waals surface area contributed by atoms with Crippen molar-refractivity contribution in [2.24, 2.45) is 7.05 Å². The highest BCUT2D eigenvalue weighted by Crippen LogP contribution is 2.37. The Morgan fingerprint density at radius 2 is 1.94 bits per heavy atom. The van der Waals surface area contributed by atoms with Crippen LogP contribution in [0.25, 0.3) is 10.9 Å². The average Bonchev–Trinajstić information content (AvgIpc) is 3.27. The maximum atomic E-state index is 13.4. The molecule has 0 bridgehead atoms.